The van der Waals surface area contributed by atoms with Crippen LogP contribution in [0.2, 0.25) is 5.02 Å². The van der Waals surface area contributed by atoms with E-state index in [1.807, 2.05) is 26.0 Å². The summed E-state index contributed by atoms with van der Waals surface area (Å²) < 4.78 is 0. The average molecular weight is 221 g/mol. The molecule has 0 spiro atoms. The van der Waals surface area contributed by atoms with E-state index in [4.69, 9.17) is 17.3 Å². The molecule has 0 saturated heterocycles. The third-order valence-corrected chi connectivity index (χ3v) is 2.78. The Kier molecular flexibility index (Phi) is 2.63. The summed E-state index contributed by atoms with van der Waals surface area (Å²) in [5, 5.41) is 1.83. The molecule has 0 fully saturated rings. The van der Waals surface area contributed by atoms with Crippen LogP contribution < -0.4 is 5.73 Å². The molecule has 1 heterocycles. The molecule has 0 atom stereocenters. The fourth-order valence-corrected chi connectivity index (χ4v) is 2.05. The van der Waals surface area contributed by atoms with Crippen LogP contribution in [0.5, 0.6) is 0 Å². The predicted octanol–water partition coefficient (Wildman–Crippen LogP) is 2.96. The molecule has 0 aliphatic carbocycles. The average Bonchev–Trinajstić information content (AvgIpc) is 2.16. The van der Waals surface area contributed by atoms with Gasteiger partial charge in [-0.1, -0.05) is 11.6 Å². The van der Waals surface area contributed by atoms with E-state index in [1.54, 1.807) is 0 Å². The molecular formula is C12H13ClN2. The van der Waals surface area contributed by atoms with Crippen molar-refractivity contribution in [3.63, 3.8) is 0 Å². The Morgan fingerprint density at radius 2 is 1.93 bits per heavy atom. The molecule has 2 rings (SSSR count). The topological polar surface area (TPSA) is 38.9 Å². The summed E-state index contributed by atoms with van der Waals surface area (Å²) in [7, 11) is 0. The van der Waals surface area contributed by atoms with E-state index < -0.39 is 0 Å². The smallest absolute Gasteiger partial charge is 0.0736 e. The Bertz CT molecular complexity index is 521. The van der Waals surface area contributed by atoms with Gasteiger partial charge in [0.25, 0.3) is 0 Å². The number of rotatable bonds is 1. The number of halogens is 1. The van der Waals surface area contributed by atoms with Gasteiger partial charge in [0.2, 0.25) is 0 Å². The van der Waals surface area contributed by atoms with Crippen molar-refractivity contribution in [3.05, 3.63) is 40.0 Å². The standard InChI is InChI=1S/C12H13ClN2/c1-7-3-9-5-10(13)4-8(2)12(9)15-11(7)6-14/h3-5H,6,14H2,1-2H3. The van der Waals surface area contributed by atoms with Crippen molar-refractivity contribution < 1.29 is 0 Å². The number of nitrogens with zero attached hydrogens (tertiary/aromatic N) is 1. The summed E-state index contributed by atoms with van der Waals surface area (Å²) >= 11 is 6.00. The number of benzene rings is 1. The van der Waals surface area contributed by atoms with Crippen LogP contribution in [0.25, 0.3) is 10.9 Å². The Morgan fingerprint density at radius 1 is 1.20 bits per heavy atom. The molecule has 0 aliphatic rings. The Hall–Kier alpha value is -1.12. The highest BCUT2D eigenvalue weighted by Gasteiger charge is 2.05. The molecule has 1 aromatic heterocycles. The van der Waals surface area contributed by atoms with Crippen LogP contribution in [0, 0.1) is 13.8 Å². The van der Waals surface area contributed by atoms with Gasteiger partial charge in [-0.2, -0.15) is 0 Å². The lowest BCUT2D eigenvalue weighted by Crippen LogP contribution is -2.03. The second-order valence-corrected chi connectivity index (χ2v) is 4.19. The van der Waals surface area contributed by atoms with E-state index in [0.717, 1.165) is 32.7 Å². The van der Waals surface area contributed by atoms with Gasteiger partial charge in [0, 0.05) is 17.0 Å². The fourth-order valence-electron chi connectivity index (χ4n) is 1.77. The van der Waals surface area contributed by atoms with Gasteiger partial charge < -0.3 is 5.73 Å². The zero-order valence-corrected chi connectivity index (χ0v) is 9.60. The van der Waals surface area contributed by atoms with Crippen LogP contribution in [0.4, 0.5) is 0 Å². The van der Waals surface area contributed by atoms with Crippen molar-refractivity contribution in [3.8, 4) is 0 Å². The Morgan fingerprint density at radius 3 is 2.60 bits per heavy atom. The molecule has 0 bridgehead atoms. The van der Waals surface area contributed by atoms with Crippen molar-refractivity contribution in [1.29, 1.82) is 0 Å². The van der Waals surface area contributed by atoms with Gasteiger partial charge in [-0.25, -0.2) is 0 Å². The van der Waals surface area contributed by atoms with Crippen molar-refractivity contribution in [1.82, 2.24) is 4.98 Å². The molecule has 3 heteroatoms. The van der Waals surface area contributed by atoms with E-state index in [-0.39, 0.29) is 0 Å². The van der Waals surface area contributed by atoms with Crippen molar-refractivity contribution in [2.24, 2.45) is 5.73 Å². The fraction of sp³-hybridized carbons (Fsp3) is 0.250. The molecule has 1 aromatic carbocycles. The number of pyridine rings is 1. The number of aromatic nitrogens is 1. The molecular weight excluding hydrogens is 208 g/mol. The maximum absolute atomic E-state index is 6.00. The highest BCUT2D eigenvalue weighted by molar-refractivity contribution is 6.31. The lowest BCUT2D eigenvalue weighted by Gasteiger charge is -2.07. The summed E-state index contributed by atoms with van der Waals surface area (Å²) in [6.45, 7) is 4.51. The molecule has 0 unspecified atom stereocenters. The first-order valence-corrected chi connectivity index (χ1v) is 5.26. The zero-order valence-electron chi connectivity index (χ0n) is 8.84. The van der Waals surface area contributed by atoms with Gasteiger partial charge in [0.1, 0.15) is 0 Å². The minimum Gasteiger partial charge on any atom is -0.325 e. The van der Waals surface area contributed by atoms with Crippen LogP contribution in [0.3, 0.4) is 0 Å². The number of nitrogens with two attached hydrogens (primary N) is 1. The van der Waals surface area contributed by atoms with E-state index >= 15 is 0 Å². The third kappa shape index (κ3) is 1.83. The maximum Gasteiger partial charge on any atom is 0.0736 e. The highest BCUT2D eigenvalue weighted by Crippen LogP contribution is 2.23. The Labute approximate surface area is 94.1 Å². The van der Waals surface area contributed by atoms with Gasteiger partial charge in [-0.3, -0.25) is 4.98 Å². The number of aryl methyl sites for hydroxylation is 2. The van der Waals surface area contributed by atoms with Crippen LogP contribution in [0.15, 0.2) is 18.2 Å². The van der Waals surface area contributed by atoms with E-state index in [9.17, 15) is 0 Å². The molecule has 78 valence electrons. The minimum atomic E-state index is 0.476. The summed E-state index contributed by atoms with van der Waals surface area (Å²) in [6, 6.07) is 5.94. The van der Waals surface area contributed by atoms with Gasteiger partial charge in [0.15, 0.2) is 0 Å². The van der Waals surface area contributed by atoms with Crippen molar-refractivity contribution >= 4 is 22.5 Å². The normalized spacial score (nSPS) is 10.9. The lowest BCUT2D eigenvalue weighted by atomic mass is 10.1. The number of hydrogen-bond donors (Lipinski definition) is 1. The Balaban J connectivity index is 2.81. The van der Waals surface area contributed by atoms with Crippen LogP contribution in [0.1, 0.15) is 16.8 Å². The van der Waals surface area contributed by atoms with Crippen LogP contribution in [-0.4, -0.2) is 4.98 Å². The molecule has 0 amide bonds. The molecule has 0 aliphatic heterocycles. The lowest BCUT2D eigenvalue weighted by molar-refractivity contribution is 0.983. The summed E-state index contributed by atoms with van der Waals surface area (Å²) in [6.07, 6.45) is 0. The van der Waals surface area contributed by atoms with Crippen molar-refractivity contribution in [2.45, 2.75) is 20.4 Å². The molecule has 2 nitrogen and oxygen atoms in total. The van der Waals surface area contributed by atoms with Gasteiger partial charge in [-0.15, -0.1) is 0 Å². The second kappa shape index (κ2) is 3.80. The first kappa shape index (κ1) is 10.4. The van der Waals surface area contributed by atoms with E-state index in [0.29, 0.717) is 6.54 Å². The van der Waals surface area contributed by atoms with Gasteiger partial charge in [0.05, 0.1) is 11.2 Å². The summed E-state index contributed by atoms with van der Waals surface area (Å²) in [4.78, 5) is 4.55. The molecule has 15 heavy (non-hydrogen) atoms. The summed E-state index contributed by atoms with van der Waals surface area (Å²) in [5.74, 6) is 0. The predicted molar refractivity (Wildman–Crippen MR) is 64.1 cm³/mol. The molecule has 2 aromatic rings. The van der Waals surface area contributed by atoms with E-state index in [2.05, 4.69) is 11.1 Å². The monoisotopic (exact) mass is 220 g/mol. The SMILES string of the molecule is Cc1cc2cc(Cl)cc(C)c2nc1CN. The first-order chi connectivity index (χ1) is 7.11. The van der Waals surface area contributed by atoms with Crippen LogP contribution in [-0.2, 0) is 6.54 Å². The maximum atomic E-state index is 6.00. The van der Waals surface area contributed by atoms with E-state index in [1.165, 1.54) is 0 Å². The summed E-state index contributed by atoms with van der Waals surface area (Å²) in [5.41, 5.74) is 9.78. The van der Waals surface area contributed by atoms with Gasteiger partial charge >= 0.3 is 0 Å². The van der Waals surface area contributed by atoms with Crippen molar-refractivity contribution in [2.75, 3.05) is 0 Å². The number of fused-ring (bicyclic) bond motifs is 1. The zero-order chi connectivity index (χ0) is 11.0. The quantitative estimate of drug-likeness (QED) is 0.803. The molecule has 0 radical (unpaired) electrons. The third-order valence-electron chi connectivity index (χ3n) is 2.56. The second-order valence-electron chi connectivity index (χ2n) is 3.75. The van der Waals surface area contributed by atoms with Gasteiger partial charge in [-0.05, 0) is 43.2 Å². The number of hydrogen-bond acceptors (Lipinski definition) is 2. The first-order valence-electron chi connectivity index (χ1n) is 4.88. The largest absolute Gasteiger partial charge is 0.325 e. The highest BCUT2D eigenvalue weighted by atomic mass is 35.5. The molecule has 2 N–H and O–H groups in total. The molecule has 0 saturated carbocycles. The van der Waals surface area contributed by atoms with Crippen LogP contribution >= 0.6 is 11.6 Å². The minimum absolute atomic E-state index is 0.476.